The van der Waals surface area contributed by atoms with Gasteiger partial charge in [0.1, 0.15) is 11.6 Å². The largest absolute Gasteiger partial charge is 0.314 e. The minimum absolute atomic E-state index is 0.396. The molecule has 0 bridgehead atoms. The summed E-state index contributed by atoms with van der Waals surface area (Å²) in [4.78, 5) is 0. The maximum atomic E-state index is 13.8. The molecule has 1 aromatic rings. The molecule has 1 N–H and O–H groups in total. The molecule has 1 nitrogen and oxygen atoms in total. The minimum atomic E-state index is -0.491. The predicted molar refractivity (Wildman–Crippen MR) is 78.7 cm³/mol. The summed E-state index contributed by atoms with van der Waals surface area (Å²) in [7, 11) is 0. The fraction of sp³-hybridized carbons (Fsp3) is 0.647. The monoisotopic (exact) mass is 281 g/mol. The molecule has 0 amide bonds. The number of hydrogen-bond acceptors (Lipinski definition) is 1. The Labute approximate surface area is 120 Å². The van der Waals surface area contributed by atoms with Crippen molar-refractivity contribution in [3.05, 3.63) is 35.4 Å². The van der Waals surface area contributed by atoms with Crippen molar-refractivity contribution in [2.45, 2.75) is 57.9 Å². The van der Waals surface area contributed by atoms with Gasteiger partial charge in [-0.1, -0.05) is 32.3 Å². The zero-order valence-corrected chi connectivity index (χ0v) is 12.3. The van der Waals surface area contributed by atoms with Crippen LogP contribution in [-0.4, -0.2) is 12.6 Å². The summed E-state index contributed by atoms with van der Waals surface area (Å²) in [5.74, 6) is -0.381. The van der Waals surface area contributed by atoms with Gasteiger partial charge >= 0.3 is 0 Å². The van der Waals surface area contributed by atoms with Gasteiger partial charge in [0.2, 0.25) is 0 Å². The van der Waals surface area contributed by atoms with E-state index in [0.717, 1.165) is 38.3 Å². The lowest BCUT2D eigenvalue weighted by Gasteiger charge is -2.21. The summed E-state index contributed by atoms with van der Waals surface area (Å²) < 4.78 is 26.7. The Morgan fingerprint density at radius 3 is 2.75 bits per heavy atom. The van der Waals surface area contributed by atoms with Crippen molar-refractivity contribution in [3.8, 4) is 0 Å². The van der Waals surface area contributed by atoms with E-state index in [0.29, 0.717) is 17.5 Å². The highest BCUT2D eigenvalue weighted by atomic mass is 19.1. The fourth-order valence-corrected chi connectivity index (χ4v) is 3.18. The van der Waals surface area contributed by atoms with E-state index < -0.39 is 11.6 Å². The third kappa shape index (κ3) is 4.55. The Kier molecular flexibility index (Phi) is 5.96. The van der Waals surface area contributed by atoms with Crippen molar-refractivity contribution in [2.24, 2.45) is 5.92 Å². The molecule has 0 aliphatic heterocycles. The summed E-state index contributed by atoms with van der Waals surface area (Å²) in [6.45, 7) is 3.23. The molecule has 0 aromatic heterocycles. The number of halogens is 2. The first-order chi connectivity index (χ1) is 9.69. The quantitative estimate of drug-likeness (QED) is 0.786. The summed E-state index contributed by atoms with van der Waals surface area (Å²) in [6, 6.07) is 4.52. The van der Waals surface area contributed by atoms with Crippen molar-refractivity contribution >= 4 is 0 Å². The molecule has 2 rings (SSSR count). The predicted octanol–water partition coefficient (Wildman–Crippen LogP) is 4.46. The van der Waals surface area contributed by atoms with Gasteiger partial charge < -0.3 is 5.32 Å². The number of rotatable bonds is 5. The average molecular weight is 281 g/mol. The molecular formula is C17H25F2N. The second-order valence-electron chi connectivity index (χ2n) is 5.98. The Bertz CT molecular complexity index is 419. The van der Waals surface area contributed by atoms with E-state index in [1.807, 2.05) is 0 Å². The fourth-order valence-electron chi connectivity index (χ4n) is 3.18. The molecule has 0 heterocycles. The van der Waals surface area contributed by atoms with Crippen LogP contribution in [0.4, 0.5) is 8.78 Å². The Balaban J connectivity index is 1.96. The van der Waals surface area contributed by atoms with Crippen LogP contribution < -0.4 is 5.32 Å². The third-order valence-electron chi connectivity index (χ3n) is 4.24. The van der Waals surface area contributed by atoms with Crippen LogP contribution in [0.25, 0.3) is 0 Å². The SMILES string of the molecule is CCCNC1CCCCC(Cc2ccc(F)cc2F)C1. The van der Waals surface area contributed by atoms with E-state index in [2.05, 4.69) is 12.2 Å². The Hall–Kier alpha value is -0.960. The first-order valence-electron chi connectivity index (χ1n) is 7.86. The van der Waals surface area contributed by atoms with Crippen molar-refractivity contribution in [1.29, 1.82) is 0 Å². The molecule has 1 saturated carbocycles. The standard InChI is InChI=1S/C17H25F2N/c1-2-9-20-16-6-4-3-5-13(11-16)10-14-7-8-15(18)12-17(14)19/h7-8,12-13,16,20H,2-6,9-11H2,1H3. The second-order valence-corrected chi connectivity index (χ2v) is 5.98. The van der Waals surface area contributed by atoms with Crippen LogP contribution in [0.5, 0.6) is 0 Å². The third-order valence-corrected chi connectivity index (χ3v) is 4.24. The molecule has 1 aromatic carbocycles. The van der Waals surface area contributed by atoms with Gasteiger partial charge in [-0.3, -0.25) is 0 Å². The highest BCUT2D eigenvalue weighted by Gasteiger charge is 2.21. The van der Waals surface area contributed by atoms with E-state index in [4.69, 9.17) is 0 Å². The van der Waals surface area contributed by atoms with Gasteiger partial charge in [-0.2, -0.15) is 0 Å². The summed E-state index contributed by atoms with van der Waals surface area (Å²) in [6.07, 6.45) is 7.84. The van der Waals surface area contributed by atoms with Crippen molar-refractivity contribution < 1.29 is 8.78 Å². The van der Waals surface area contributed by atoms with Crippen LogP contribution in [0, 0.1) is 17.6 Å². The van der Waals surface area contributed by atoms with Gasteiger partial charge in [-0.05, 0) is 49.8 Å². The highest BCUT2D eigenvalue weighted by molar-refractivity contribution is 5.19. The van der Waals surface area contributed by atoms with Crippen LogP contribution in [-0.2, 0) is 6.42 Å². The van der Waals surface area contributed by atoms with Crippen molar-refractivity contribution in [1.82, 2.24) is 5.32 Å². The number of hydrogen-bond donors (Lipinski definition) is 1. The van der Waals surface area contributed by atoms with Gasteiger partial charge in [0, 0.05) is 12.1 Å². The zero-order chi connectivity index (χ0) is 14.4. The normalized spacial score (nSPS) is 23.6. The Morgan fingerprint density at radius 2 is 2.00 bits per heavy atom. The summed E-state index contributed by atoms with van der Waals surface area (Å²) in [5, 5.41) is 3.60. The zero-order valence-electron chi connectivity index (χ0n) is 12.3. The highest BCUT2D eigenvalue weighted by Crippen LogP contribution is 2.27. The van der Waals surface area contributed by atoms with Gasteiger partial charge in [0.25, 0.3) is 0 Å². The van der Waals surface area contributed by atoms with E-state index >= 15 is 0 Å². The van der Waals surface area contributed by atoms with Crippen LogP contribution >= 0.6 is 0 Å². The molecule has 0 saturated heterocycles. The molecule has 2 atom stereocenters. The molecule has 3 heteroatoms. The van der Waals surface area contributed by atoms with Crippen LogP contribution in [0.2, 0.25) is 0 Å². The molecule has 0 radical (unpaired) electrons. The minimum Gasteiger partial charge on any atom is -0.314 e. The Morgan fingerprint density at radius 1 is 1.20 bits per heavy atom. The summed E-state index contributed by atoms with van der Waals surface area (Å²) in [5.41, 5.74) is 0.660. The van der Waals surface area contributed by atoms with E-state index in [9.17, 15) is 8.78 Å². The molecule has 20 heavy (non-hydrogen) atoms. The first-order valence-corrected chi connectivity index (χ1v) is 7.86. The smallest absolute Gasteiger partial charge is 0.129 e. The molecule has 0 spiro atoms. The number of nitrogens with one attached hydrogen (secondary N) is 1. The van der Waals surface area contributed by atoms with Crippen LogP contribution in [0.3, 0.4) is 0 Å². The van der Waals surface area contributed by atoms with Crippen molar-refractivity contribution in [2.75, 3.05) is 6.54 Å². The van der Waals surface area contributed by atoms with E-state index in [1.54, 1.807) is 6.07 Å². The first kappa shape index (κ1) is 15.4. The molecule has 2 unspecified atom stereocenters. The van der Waals surface area contributed by atoms with Gasteiger partial charge in [0.05, 0.1) is 0 Å². The number of benzene rings is 1. The maximum absolute atomic E-state index is 13.8. The van der Waals surface area contributed by atoms with E-state index in [1.165, 1.54) is 25.3 Å². The molecular weight excluding hydrogens is 256 g/mol. The molecule has 112 valence electrons. The lowest BCUT2D eigenvalue weighted by molar-refractivity contribution is 0.380. The van der Waals surface area contributed by atoms with E-state index in [-0.39, 0.29) is 0 Å². The van der Waals surface area contributed by atoms with Crippen molar-refractivity contribution in [3.63, 3.8) is 0 Å². The van der Waals surface area contributed by atoms with Gasteiger partial charge in [0.15, 0.2) is 0 Å². The van der Waals surface area contributed by atoms with Gasteiger partial charge in [-0.25, -0.2) is 8.78 Å². The lowest BCUT2D eigenvalue weighted by atomic mass is 9.91. The molecule has 1 aliphatic rings. The summed E-state index contributed by atoms with van der Waals surface area (Å²) >= 11 is 0. The topological polar surface area (TPSA) is 12.0 Å². The van der Waals surface area contributed by atoms with Crippen LogP contribution in [0.1, 0.15) is 51.0 Å². The van der Waals surface area contributed by atoms with Gasteiger partial charge in [-0.15, -0.1) is 0 Å². The lowest BCUT2D eigenvalue weighted by Crippen LogP contribution is -2.31. The molecule has 1 fully saturated rings. The second kappa shape index (κ2) is 7.72. The van der Waals surface area contributed by atoms with Crippen LogP contribution in [0.15, 0.2) is 18.2 Å². The average Bonchev–Trinajstić information content (AvgIpc) is 2.65. The maximum Gasteiger partial charge on any atom is 0.129 e. The molecule has 1 aliphatic carbocycles.